The lowest BCUT2D eigenvalue weighted by atomic mass is 10.1. The molecule has 0 aliphatic heterocycles. The molecule has 2 nitrogen and oxygen atoms in total. The van der Waals surface area contributed by atoms with Crippen LogP contribution < -0.4 is 0 Å². The Balaban J connectivity index is 3.05. The predicted molar refractivity (Wildman–Crippen MR) is 63.4 cm³/mol. The summed E-state index contributed by atoms with van der Waals surface area (Å²) in [6.07, 6.45) is 4.82. The minimum absolute atomic E-state index is 1.02. The third-order valence-corrected chi connectivity index (χ3v) is 2.68. The molecule has 0 amide bonds. The van der Waals surface area contributed by atoms with Crippen LogP contribution in [0.4, 0.5) is 0 Å². The molecule has 1 aromatic heterocycles. The van der Waals surface area contributed by atoms with Gasteiger partial charge in [0.2, 0.25) is 0 Å². The largest absolute Gasteiger partial charge is 0.241 e. The summed E-state index contributed by atoms with van der Waals surface area (Å²) in [6, 6.07) is 0. The molecule has 1 heterocycles. The Morgan fingerprint density at radius 2 is 1.69 bits per heavy atom. The molecule has 0 radical (unpaired) electrons. The lowest BCUT2D eigenvalue weighted by Gasteiger charge is -2.08. The fourth-order valence-electron chi connectivity index (χ4n) is 1.48. The number of hydrogen-bond donors (Lipinski definition) is 0. The lowest BCUT2D eigenvalue weighted by Crippen LogP contribution is -2.04. The average Bonchev–Trinajstić information content (AvgIpc) is 2.18. The van der Waals surface area contributed by atoms with Gasteiger partial charge in [-0.05, 0) is 24.8 Å². The van der Waals surface area contributed by atoms with E-state index in [0.717, 1.165) is 23.7 Å². The molecule has 3 heteroatoms. The predicted octanol–water partition coefficient (Wildman–Crippen LogP) is 2.58. The summed E-state index contributed by atoms with van der Waals surface area (Å²) < 4.78 is 1.14. The highest BCUT2D eigenvalue weighted by molar-refractivity contribution is 14.1. The number of halogens is 1. The van der Waals surface area contributed by atoms with Crippen molar-refractivity contribution in [1.82, 2.24) is 9.97 Å². The van der Waals surface area contributed by atoms with Crippen molar-refractivity contribution in [3.05, 3.63) is 23.3 Å². The van der Waals surface area contributed by atoms with Crippen LogP contribution in [0.3, 0.4) is 0 Å². The Bertz CT molecular complexity index is 251. The van der Waals surface area contributed by atoms with Gasteiger partial charge in [-0.1, -0.05) is 36.4 Å². The number of alkyl halides is 1. The molecule has 0 N–H and O–H groups in total. The van der Waals surface area contributed by atoms with Crippen LogP contribution in [0.5, 0.6) is 0 Å². The normalized spacial score (nSPS) is 10.4. The smallest absolute Gasteiger partial charge is 0.115 e. The zero-order chi connectivity index (χ0) is 9.68. The number of rotatable bonds is 4. The van der Waals surface area contributed by atoms with Gasteiger partial charge in [0.1, 0.15) is 6.33 Å². The summed E-state index contributed by atoms with van der Waals surface area (Å²) in [5, 5.41) is 0. The van der Waals surface area contributed by atoms with Gasteiger partial charge in [-0.2, -0.15) is 0 Å². The average molecular weight is 290 g/mol. The molecule has 1 aromatic rings. The highest BCUT2D eigenvalue weighted by Crippen LogP contribution is 2.13. The van der Waals surface area contributed by atoms with Gasteiger partial charge in [0.15, 0.2) is 0 Å². The van der Waals surface area contributed by atoms with Crippen LogP contribution >= 0.6 is 22.6 Å². The van der Waals surface area contributed by atoms with E-state index in [1.807, 2.05) is 0 Å². The highest BCUT2D eigenvalue weighted by atomic mass is 127. The minimum Gasteiger partial charge on any atom is -0.241 e. The number of nitrogens with zero attached hydrogens (tertiary/aromatic N) is 2. The first kappa shape index (κ1) is 10.9. The van der Waals surface area contributed by atoms with Crippen LogP contribution in [0, 0.1) is 0 Å². The Labute approximate surface area is 93.3 Å². The van der Waals surface area contributed by atoms with Gasteiger partial charge in [-0.3, -0.25) is 0 Å². The monoisotopic (exact) mass is 290 g/mol. The standard InChI is InChI=1S/C10H15IN2/c1-3-9-8(5-6-11)10(4-2)13-7-12-9/h7H,3-6H2,1-2H3. The van der Waals surface area contributed by atoms with Crippen LogP contribution in [0.25, 0.3) is 0 Å². The Kier molecular flexibility index (Phi) is 4.62. The fourth-order valence-corrected chi connectivity index (χ4v) is 2.02. The maximum Gasteiger partial charge on any atom is 0.115 e. The van der Waals surface area contributed by atoms with Gasteiger partial charge < -0.3 is 0 Å². The first-order valence-corrected chi connectivity index (χ1v) is 6.23. The molecule has 13 heavy (non-hydrogen) atoms. The number of hydrogen-bond acceptors (Lipinski definition) is 2. The second-order valence-corrected chi connectivity index (χ2v) is 3.97. The first-order valence-electron chi connectivity index (χ1n) is 4.71. The molecule has 0 bridgehead atoms. The summed E-state index contributed by atoms with van der Waals surface area (Å²) >= 11 is 2.40. The van der Waals surface area contributed by atoms with Crippen molar-refractivity contribution in [2.45, 2.75) is 33.1 Å². The van der Waals surface area contributed by atoms with Crippen molar-refractivity contribution in [3.63, 3.8) is 0 Å². The van der Waals surface area contributed by atoms with E-state index in [9.17, 15) is 0 Å². The van der Waals surface area contributed by atoms with E-state index < -0.39 is 0 Å². The molecule has 0 saturated carbocycles. The molecule has 0 unspecified atom stereocenters. The summed E-state index contributed by atoms with van der Waals surface area (Å²) in [5.41, 5.74) is 3.83. The molecule has 0 spiro atoms. The summed E-state index contributed by atoms with van der Waals surface area (Å²) in [5.74, 6) is 0. The first-order chi connectivity index (χ1) is 6.33. The molecule has 72 valence electrons. The lowest BCUT2D eigenvalue weighted by molar-refractivity contribution is 0.876. The molecule has 0 aliphatic rings. The minimum atomic E-state index is 1.02. The fraction of sp³-hybridized carbons (Fsp3) is 0.600. The zero-order valence-corrected chi connectivity index (χ0v) is 10.3. The molecule has 0 fully saturated rings. The van der Waals surface area contributed by atoms with Gasteiger partial charge in [-0.25, -0.2) is 9.97 Å². The van der Waals surface area contributed by atoms with E-state index in [1.165, 1.54) is 17.0 Å². The summed E-state index contributed by atoms with van der Waals surface area (Å²) in [6.45, 7) is 4.30. The van der Waals surface area contributed by atoms with Crippen LogP contribution in [0.1, 0.15) is 30.8 Å². The highest BCUT2D eigenvalue weighted by Gasteiger charge is 2.07. The Hall–Kier alpha value is -0.190. The van der Waals surface area contributed by atoms with Gasteiger partial charge >= 0.3 is 0 Å². The number of aryl methyl sites for hydroxylation is 2. The van der Waals surface area contributed by atoms with Crippen LogP contribution in [-0.2, 0) is 19.3 Å². The Morgan fingerprint density at radius 1 is 1.15 bits per heavy atom. The van der Waals surface area contributed by atoms with Crippen molar-refractivity contribution in [2.24, 2.45) is 0 Å². The zero-order valence-electron chi connectivity index (χ0n) is 8.18. The van der Waals surface area contributed by atoms with E-state index in [4.69, 9.17) is 0 Å². The maximum absolute atomic E-state index is 4.31. The van der Waals surface area contributed by atoms with Crippen LogP contribution in [0.15, 0.2) is 6.33 Å². The molecular formula is C10H15IN2. The maximum atomic E-state index is 4.31. The van der Waals surface area contributed by atoms with Gasteiger partial charge in [0, 0.05) is 15.8 Å². The second-order valence-electron chi connectivity index (χ2n) is 2.89. The number of aromatic nitrogens is 2. The third kappa shape index (κ3) is 2.62. The molecule has 0 aromatic carbocycles. The molecular weight excluding hydrogens is 275 g/mol. The van der Waals surface area contributed by atoms with E-state index in [1.54, 1.807) is 6.33 Å². The SMILES string of the molecule is CCc1ncnc(CC)c1CCI. The quantitative estimate of drug-likeness (QED) is 0.629. The second kappa shape index (κ2) is 5.52. The molecule has 1 rings (SSSR count). The topological polar surface area (TPSA) is 25.8 Å². The van der Waals surface area contributed by atoms with E-state index in [0.29, 0.717) is 0 Å². The van der Waals surface area contributed by atoms with Crippen molar-refractivity contribution in [3.8, 4) is 0 Å². The van der Waals surface area contributed by atoms with Crippen molar-refractivity contribution < 1.29 is 0 Å². The van der Waals surface area contributed by atoms with Crippen LogP contribution in [-0.4, -0.2) is 14.4 Å². The Morgan fingerprint density at radius 3 is 2.08 bits per heavy atom. The summed E-state index contributed by atoms with van der Waals surface area (Å²) in [4.78, 5) is 8.62. The molecule has 0 saturated heterocycles. The van der Waals surface area contributed by atoms with E-state index in [-0.39, 0.29) is 0 Å². The van der Waals surface area contributed by atoms with Gasteiger partial charge in [0.05, 0.1) is 0 Å². The van der Waals surface area contributed by atoms with Crippen molar-refractivity contribution >= 4 is 22.6 Å². The third-order valence-electron chi connectivity index (χ3n) is 2.14. The molecule has 0 atom stereocenters. The van der Waals surface area contributed by atoms with Crippen LogP contribution in [0.2, 0.25) is 0 Å². The van der Waals surface area contributed by atoms with Gasteiger partial charge in [-0.15, -0.1) is 0 Å². The van der Waals surface area contributed by atoms with E-state index >= 15 is 0 Å². The summed E-state index contributed by atoms with van der Waals surface area (Å²) in [7, 11) is 0. The van der Waals surface area contributed by atoms with Crippen molar-refractivity contribution in [1.29, 1.82) is 0 Å². The van der Waals surface area contributed by atoms with Crippen molar-refractivity contribution in [2.75, 3.05) is 4.43 Å². The van der Waals surface area contributed by atoms with Gasteiger partial charge in [0.25, 0.3) is 0 Å². The molecule has 0 aliphatic carbocycles. The van der Waals surface area contributed by atoms with E-state index in [2.05, 4.69) is 46.4 Å².